The molecule has 3 aromatic carbocycles. The van der Waals surface area contributed by atoms with Crippen molar-refractivity contribution >= 4 is 21.7 Å². The van der Waals surface area contributed by atoms with Gasteiger partial charge in [-0.25, -0.2) is 4.39 Å². The topological polar surface area (TPSA) is 30.2 Å². The second-order valence-electron chi connectivity index (χ2n) is 5.12. The normalized spacial score (nSPS) is 11.1. The van der Waals surface area contributed by atoms with Crippen molar-refractivity contribution in [2.75, 3.05) is 0 Å². The Hall–Kier alpha value is -2.94. The average molecular weight is 290 g/mol. The van der Waals surface area contributed by atoms with Gasteiger partial charge in [-0.05, 0) is 29.1 Å². The van der Waals surface area contributed by atoms with E-state index in [9.17, 15) is 9.18 Å². The van der Waals surface area contributed by atoms with E-state index in [-0.39, 0.29) is 11.2 Å². The van der Waals surface area contributed by atoms with Crippen molar-refractivity contribution in [2.24, 2.45) is 0 Å². The highest BCUT2D eigenvalue weighted by Crippen LogP contribution is 2.27. The van der Waals surface area contributed by atoms with Crippen LogP contribution in [0.4, 0.5) is 4.39 Å². The summed E-state index contributed by atoms with van der Waals surface area (Å²) in [4.78, 5) is 12.9. The van der Waals surface area contributed by atoms with E-state index in [0.717, 1.165) is 5.56 Å². The molecule has 22 heavy (non-hydrogen) atoms. The monoisotopic (exact) mass is 290 g/mol. The number of benzene rings is 3. The molecule has 4 rings (SSSR count). The van der Waals surface area contributed by atoms with Gasteiger partial charge in [0, 0.05) is 5.39 Å². The van der Waals surface area contributed by atoms with Crippen LogP contribution in [0, 0.1) is 5.82 Å². The van der Waals surface area contributed by atoms with Crippen LogP contribution >= 0.6 is 0 Å². The first-order valence-electron chi connectivity index (χ1n) is 6.94. The van der Waals surface area contributed by atoms with Crippen molar-refractivity contribution in [2.45, 2.75) is 0 Å². The zero-order chi connectivity index (χ0) is 15.1. The summed E-state index contributed by atoms with van der Waals surface area (Å²) in [5.74, 6) is -0.344. The fraction of sp³-hybridized carbons (Fsp3) is 0. The zero-order valence-electron chi connectivity index (χ0n) is 11.5. The van der Waals surface area contributed by atoms with E-state index in [2.05, 4.69) is 0 Å². The minimum atomic E-state index is -0.344. The highest BCUT2D eigenvalue weighted by Gasteiger charge is 2.13. The molecule has 0 radical (unpaired) electrons. The summed E-state index contributed by atoms with van der Waals surface area (Å²) in [5.41, 5.74) is 1.57. The quantitative estimate of drug-likeness (QED) is 0.473. The van der Waals surface area contributed by atoms with E-state index in [4.69, 9.17) is 4.42 Å². The third kappa shape index (κ3) is 1.83. The van der Waals surface area contributed by atoms with Crippen LogP contribution in [0.2, 0.25) is 0 Å². The summed E-state index contributed by atoms with van der Waals surface area (Å²) < 4.78 is 19.5. The predicted octanol–water partition coefficient (Wildman–Crippen LogP) is 4.75. The largest absolute Gasteiger partial charge is 0.463 e. The van der Waals surface area contributed by atoms with E-state index in [1.807, 2.05) is 30.3 Å². The van der Waals surface area contributed by atoms with Gasteiger partial charge in [-0.3, -0.25) is 4.79 Å². The summed E-state index contributed by atoms with van der Waals surface area (Å²) >= 11 is 0. The highest BCUT2D eigenvalue weighted by molar-refractivity contribution is 6.06. The lowest BCUT2D eigenvalue weighted by Gasteiger charge is -2.06. The van der Waals surface area contributed by atoms with Crippen molar-refractivity contribution in [1.82, 2.24) is 0 Å². The Morgan fingerprint density at radius 1 is 0.818 bits per heavy atom. The predicted molar refractivity (Wildman–Crippen MR) is 85.4 cm³/mol. The second kappa shape index (κ2) is 4.81. The molecule has 0 amide bonds. The SMILES string of the molecule is O=c1c(-c2ccccc2)coc2ccc3c(F)cccc3c12. The molecule has 4 aromatic rings. The summed E-state index contributed by atoms with van der Waals surface area (Å²) in [5, 5.41) is 1.41. The summed E-state index contributed by atoms with van der Waals surface area (Å²) in [7, 11) is 0. The maximum Gasteiger partial charge on any atom is 0.201 e. The summed E-state index contributed by atoms with van der Waals surface area (Å²) in [6, 6.07) is 17.3. The number of hydrogen-bond donors (Lipinski definition) is 0. The number of hydrogen-bond acceptors (Lipinski definition) is 2. The Bertz CT molecular complexity index is 1050. The molecule has 0 saturated carbocycles. The molecule has 0 N–H and O–H groups in total. The minimum Gasteiger partial charge on any atom is -0.463 e. The van der Waals surface area contributed by atoms with Crippen LogP contribution < -0.4 is 5.43 Å². The third-order valence-electron chi connectivity index (χ3n) is 3.83. The van der Waals surface area contributed by atoms with Crippen LogP contribution in [0.1, 0.15) is 0 Å². The lowest BCUT2D eigenvalue weighted by atomic mass is 10.0. The molecule has 1 aromatic heterocycles. The maximum atomic E-state index is 13.9. The molecule has 0 aliphatic rings. The minimum absolute atomic E-state index is 0.149. The molecule has 0 fully saturated rings. The van der Waals surface area contributed by atoms with Crippen LogP contribution in [0.15, 0.2) is 76.1 Å². The van der Waals surface area contributed by atoms with Crippen molar-refractivity contribution in [3.8, 4) is 11.1 Å². The van der Waals surface area contributed by atoms with Crippen molar-refractivity contribution in [3.05, 3.63) is 83.0 Å². The third-order valence-corrected chi connectivity index (χ3v) is 3.83. The Morgan fingerprint density at radius 3 is 2.45 bits per heavy atom. The van der Waals surface area contributed by atoms with Gasteiger partial charge in [0.05, 0.1) is 10.9 Å². The van der Waals surface area contributed by atoms with Gasteiger partial charge in [-0.2, -0.15) is 0 Å². The smallest absolute Gasteiger partial charge is 0.201 e. The first kappa shape index (κ1) is 12.8. The van der Waals surface area contributed by atoms with Crippen molar-refractivity contribution < 1.29 is 8.81 Å². The lowest BCUT2D eigenvalue weighted by Crippen LogP contribution is -2.05. The number of rotatable bonds is 1. The van der Waals surface area contributed by atoms with Crippen molar-refractivity contribution in [1.29, 1.82) is 0 Å². The van der Waals surface area contributed by atoms with Gasteiger partial charge in [-0.15, -0.1) is 0 Å². The van der Waals surface area contributed by atoms with Gasteiger partial charge in [0.15, 0.2) is 0 Å². The van der Waals surface area contributed by atoms with Crippen LogP contribution in [0.3, 0.4) is 0 Å². The van der Waals surface area contributed by atoms with Gasteiger partial charge in [-0.1, -0.05) is 42.5 Å². The van der Waals surface area contributed by atoms with Crippen LogP contribution in [-0.4, -0.2) is 0 Å². The molecule has 0 spiro atoms. The van der Waals surface area contributed by atoms with Gasteiger partial charge >= 0.3 is 0 Å². The zero-order valence-corrected chi connectivity index (χ0v) is 11.5. The standard InChI is InChI=1S/C19H11FO2/c20-16-8-4-7-14-13(16)9-10-17-18(14)19(21)15(11-22-17)12-5-2-1-3-6-12/h1-11H. The Morgan fingerprint density at radius 2 is 1.64 bits per heavy atom. The molecule has 0 aliphatic heterocycles. The Kier molecular flexibility index (Phi) is 2.79. The molecular weight excluding hydrogens is 279 g/mol. The van der Waals surface area contributed by atoms with Crippen LogP contribution in [0.5, 0.6) is 0 Å². The van der Waals surface area contributed by atoms with E-state index >= 15 is 0 Å². The van der Waals surface area contributed by atoms with Gasteiger partial charge in [0.1, 0.15) is 17.7 Å². The number of fused-ring (bicyclic) bond motifs is 3. The fourth-order valence-electron chi connectivity index (χ4n) is 2.76. The first-order valence-corrected chi connectivity index (χ1v) is 6.94. The molecule has 0 unspecified atom stereocenters. The first-order chi connectivity index (χ1) is 10.8. The Balaban J connectivity index is 2.16. The molecule has 0 atom stereocenters. The fourth-order valence-corrected chi connectivity index (χ4v) is 2.76. The van der Waals surface area contributed by atoms with Crippen molar-refractivity contribution in [3.63, 3.8) is 0 Å². The number of halogens is 1. The van der Waals surface area contributed by atoms with E-state index in [1.165, 1.54) is 12.3 Å². The van der Waals surface area contributed by atoms with Gasteiger partial charge < -0.3 is 4.42 Å². The van der Waals surface area contributed by atoms with E-state index < -0.39 is 0 Å². The summed E-state index contributed by atoms with van der Waals surface area (Å²) in [6.07, 6.45) is 1.46. The molecule has 0 bridgehead atoms. The van der Waals surface area contributed by atoms with Gasteiger partial charge in [0.2, 0.25) is 5.43 Å². The molecule has 106 valence electrons. The Labute approximate surface area is 125 Å². The highest BCUT2D eigenvalue weighted by atomic mass is 19.1. The molecule has 1 heterocycles. The van der Waals surface area contributed by atoms with Crippen LogP contribution in [-0.2, 0) is 0 Å². The van der Waals surface area contributed by atoms with Gasteiger partial charge in [0.25, 0.3) is 0 Å². The average Bonchev–Trinajstić information content (AvgIpc) is 2.56. The second-order valence-corrected chi connectivity index (χ2v) is 5.12. The van der Waals surface area contributed by atoms with E-state index in [1.54, 1.807) is 24.3 Å². The lowest BCUT2D eigenvalue weighted by molar-refractivity contribution is 0.605. The molecular formula is C19H11FO2. The molecule has 2 nitrogen and oxygen atoms in total. The summed E-state index contributed by atoms with van der Waals surface area (Å²) in [6.45, 7) is 0. The molecule has 0 aliphatic carbocycles. The maximum absolute atomic E-state index is 13.9. The van der Waals surface area contributed by atoms with Crippen LogP contribution in [0.25, 0.3) is 32.9 Å². The van der Waals surface area contributed by atoms with E-state index in [0.29, 0.717) is 27.3 Å². The molecule has 3 heteroatoms. The molecule has 0 saturated heterocycles.